The van der Waals surface area contributed by atoms with Crippen molar-refractivity contribution in [1.29, 1.82) is 0 Å². The average molecular weight is 456 g/mol. The Hall–Kier alpha value is -3.27. The third-order valence-corrected chi connectivity index (χ3v) is 6.43. The summed E-state index contributed by atoms with van der Waals surface area (Å²) in [5.41, 5.74) is 0.754. The van der Waals surface area contributed by atoms with Gasteiger partial charge in [-0.25, -0.2) is 4.39 Å². The van der Waals surface area contributed by atoms with E-state index < -0.39 is 16.0 Å². The fourth-order valence-electron chi connectivity index (χ4n) is 3.60. The maximum absolute atomic E-state index is 14.5. The van der Waals surface area contributed by atoms with Gasteiger partial charge >= 0.3 is 0 Å². The molecule has 1 aromatic heterocycles. The van der Waals surface area contributed by atoms with Gasteiger partial charge in [0.2, 0.25) is 5.91 Å². The number of anilines is 1. The summed E-state index contributed by atoms with van der Waals surface area (Å²) in [7, 11) is 0. The van der Waals surface area contributed by atoms with E-state index in [0.717, 1.165) is 38.1 Å². The zero-order valence-electron chi connectivity index (χ0n) is 17.5. The van der Waals surface area contributed by atoms with E-state index in [2.05, 4.69) is 20.1 Å². The molecule has 1 N–H and O–H groups in total. The number of halogens is 1. The lowest BCUT2D eigenvalue weighted by molar-refractivity contribution is -0.384. The number of nitro groups is 1. The highest BCUT2D eigenvalue weighted by atomic mass is 32.2. The van der Waals surface area contributed by atoms with E-state index in [0.29, 0.717) is 16.3 Å². The second kappa shape index (κ2) is 9.47. The molecule has 1 atom stereocenters. The maximum atomic E-state index is 14.5. The predicted octanol–water partition coefficient (Wildman–Crippen LogP) is 4.84. The number of nitrogens with one attached hydrogen (secondary N) is 1. The van der Waals surface area contributed by atoms with Crippen LogP contribution in [0.2, 0.25) is 0 Å². The lowest BCUT2D eigenvalue weighted by atomic mass is 10.1. The van der Waals surface area contributed by atoms with E-state index >= 15 is 0 Å². The van der Waals surface area contributed by atoms with Crippen LogP contribution in [0.25, 0.3) is 11.4 Å². The Bertz CT molecular complexity index is 1150. The molecule has 1 aliphatic rings. The van der Waals surface area contributed by atoms with Crippen molar-refractivity contribution in [3.8, 4) is 11.4 Å². The van der Waals surface area contributed by atoms with Crippen LogP contribution in [0.3, 0.4) is 0 Å². The molecule has 1 amide bonds. The van der Waals surface area contributed by atoms with Crippen LogP contribution in [-0.2, 0) is 17.8 Å². The lowest BCUT2D eigenvalue weighted by Crippen LogP contribution is -2.23. The molecular formula is C22H22FN5O3S. The molecule has 0 spiro atoms. The Morgan fingerprint density at radius 2 is 1.97 bits per heavy atom. The average Bonchev–Trinajstić information content (AvgIpc) is 3.03. The van der Waals surface area contributed by atoms with Gasteiger partial charge in [-0.1, -0.05) is 6.42 Å². The number of aryl methyl sites for hydroxylation is 1. The van der Waals surface area contributed by atoms with Crippen LogP contribution >= 0.6 is 11.8 Å². The minimum Gasteiger partial charge on any atom is -0.323 e. The molecular weight excluding hydrogens is 433 g/mol. The van der Waals surface area contributed by atoms with Crippen LogP contribution in [0.4, 0.5) is 15.8 Å². The van der Waals surface area contributed by atoms with Gasteiger partial charge in [0, 0.05) is 35.6 Å². The number of amides is 1. The van der Waals surface area contributed by atoms with Crippen LogP contribution < -0.4 is 5.32 Å². The van der Waals surface area contributed by atoms with Gasteiger partial charge in [-0.15, -0.1) is 22.0 Å². The van der Waals surface area contributed by atoms with Crippen molar-refractivity contribution in [2.75, 3.05) is 5.32 Å². The van der Waals surface area contributed by atoms with Crippen LogP contribution in [-0.4, -0.2) is 30.8 Å². The Labute approximate surface area is 188 Å². The number of thioether (sulfide) groups is 1. The van der Waals surface area contributed by atoms with Gasteiger partial charge in [0.25, 0.3) is 5.69 Å². The Balaban J connectivity index is 1.49. The van der Waals surface area contributed by atoms with Gasteiger partial charge in [-0.3, -0.25) is 14.9 Å². The van der Waals surface area contributed by atoms with Gasteiger partial charge in [0.15, 0.2) is 5.82 Å². The predicted molar refractivity (Wildman–Crippen MR) is 120 cm³/mol. The smallest absolute Gasteiger partial charge is 0.269 e. The fraction of sp³-hybridized carbons (Fsp3) is 0.318. The number of aromatic nitrogens is 3. The summed E-state index contributed by atoms with van der Waals surface area (Å²) in [6, 6.07) is 10.5. The van der Waals surface area contributed by atoms with Crippen molar-refractivity contribution in [3.05, 3.63) is 64.2 Å². The number of carbonyl (C=O) groups excluding carboxylic acids is 1. The molecule has 0 radical (unpaired) electrons. The molecule has 2 heterocycles. The monoisotopic (exact) mass is 455 g/mol. The van der Waals surface area contributed by atoms with Gasteiger partial charge in [-0.2, -0.15) is 0 Å². The second-order valence-corrected chi connectivity index (χ2v) is 9.01. The van der Waals surface area contributed by atoms with E-state index in [-0.39, 0.29) is 17.3 Å². The highest BCUT2D eigenvalue weighted by Crippen LogP contribution is 2.29. The van der Waals surface area contributed by atoms with Crippen LogP contribution in [0.15, 0.2) is 47.4 Å². The Morgan fingerprint density at radius 1 is 1.19 bits per heavy atom. The minimum atomic E-state index is -0.538. The van der Waals surface area contributed by atoms with E-state index in [1.165, 1.54) is 30.0 Å². The molecule has 0 bridgehead atoms. The van der Waals surface area contributed by atoms with Gasteiger partial charge < -0.3 is 9.88 Å². The molecule has 32 heavy (non-hydrogen) atoms. The van der Waals surface area contributed by atoms with Gasteiger partial charge in [0.1, 0.15) is 11.6 Å². The highest BCUT2D eigenvalue weighted by Gasteiger charge is 2.20. The molecule has 1 unspecified atom stereocenters. The number of nitro benzene ring substituents is 1. The highest BCUT2D eigenvalue weighted by molar-refractivity contribution is 8.00. The third-order valence-electron chi connectivity index (χ3n) is 5.32. The van der Waals surface area contributed by atoms with E-state index in [1.54, 1.807) is 31.2 Å². The summed E-state index contributed by atoms with van der Waals surface area (Å²) in [5.74, 6) is 0.695. The van der Waals surface area contributed by atoms with Crippen molar-refractivity contribution >= 4 is 29.0 Å². The first kappa shape index (κ1) is 21.9. The number of rotatable bonds is 6. The molecule has 0 saturated carbocycles. The number of carbonyl (C=O) groups is 1. The summed E-state index contributed by atoms with van der Waals surface area (Å²) in [5, 5.41) is 21.5. The molecule has 0 saturated heterocycles. The van der Waals surface area contributed by atoms with Crippen molar-refractivity contribution in [2.45, 2.75) is 49.3 Å². The summed E-state index contributed by atoms with van der Waals surface area (Å²) in [6.07, 6.45) is 4.13. The largest absolute Gasteiger partial charge is 0.323 e. The fourth-order valence-corrected chi connectivity index (χ4v) is 4.46. The molecule has 166 valence electrons. The van der Waals surface area contributed by atoms with Crippen molar-refractivity contribution in [3.63, 3.8) is 0 Å². The molecule has 2 aromatic carbocycles. The molecule has 0 aliphatic carbocycles. The molecule has 10 heteroatoms. The van der Waals surface area contributed by atoms with Gasteiger partial charge in [0.05, 0.1) is 15.9 Å². The second-order valence-electron chi connectivity index (χ2n) is 7.60. The topological polar surface area (TPSA) is 103 Å². The Morgan fingerprint density at radius 3 is 2.72 bits per heavy atom. The summed E-state index contributed by atoms with van der Waals surface area (Å²) in [4.78, 5) is 23.7. The first-order chi connectivity index (χ1) is 15.4. The first-order valence-corrected chi connectivity index (χ1v) is 11.2. The van der Waals surface area contributed by atoms with E-state index in [4.69, 9.17) is 0 Å². The van der Waals surface area contributed by atoms with Crippen molar-refractivity contribution < 1.29 is 14.1 Å². The molecule has 8 nitrogen and oxygen atoms in total. The SMILES string of the molecule is CC(Sc1ccc([N+](=O)[O-])cc1)C(=O)Nc1cc(-c2nnc3n2CCCCC3)ccc1F. The van der Waals surface area contributed by atoms with Crippen LogP contribution in [0, 0.1) is 15.9 Å². The normalized spacial score (nSPS) is 14.3. The summed E-state index contributed by atoms with van der Waals surface area (Å²) >= 11 is 1.24. The molecule has 0 fully saturated rings. The standard InChI is InChI=1S/C22H22FN5O3S/c1-14(32-17-9-7-16(8-10-17)28(30)31)22(29)24-19-13-15(6-11-18(19)23)21-26-25-20-5-3-2-4-12-27(20)21/h6-11,13-14H,2-5,12H2,1H3,(H,24,29). The number of nitrogens with zero attached hydrogens (tertiary/aromatic N) is 4. The first-order valence-electron chi connectivity index (χ1n) is 10.4. The minimum absolute atomic E-state index is 0.0169. The summed E-state index contributed by atoms with van der Waals surface area (Å²) < 4.78 is 16.5. The molecule has 3 aromatic rings. The third kappa shape index (κ3) is 4.80. The Kier molecular flexibility index (Phi) is 6.50. The molecule has 4 rings (SSSR count). The van der Waals surface area contributed by atoms with Crippen LogP contribution in [0.1, 0.15) is 32.0 Å². The van der Waals surface area contributed by atoms with E-state index in [9.17, 15) is 19.3 Å². The zero-order chi connectivity index (χ0) is 22.7. The van der Waals surface area contributed by atoms with Gasteiger partial charge in [-0.05, 0) is 50.1 Å². The van der Waals surface area contributed by atoms with E-state index in [1.807, 2.05) is 0 Å². The number of non-ortho nitro benzene ring substituents is 1. The number of benzene rings is 2. The van der Waals surface area contributed by atoms with Crippen molar-refractivity contribution in [1.82, 2.24) is 14.8 Å². The van der Waals surface area contributed by atoms with Crippen LogP contribution in [0.5, 0.6) is 0 Å². The number of fused-ring (bicyclic) bond motifs is 1. The maximum Gasteiger partial charge on any atom is 0.269 e. The number of hydrogen-bond donors (Lipinski definition) is 1. The quantitative estimate of drug-likeness (QED) is 0.324. The van der Waals surface area contributed by atoms with Crippen molar-refractivity contribution in [2.24, 2.45) is 0 Å². The zero-order valence-corrected chi connectivity index (χ0v) is 18.3. The lowest BCUT2D eigenvalue weighted by Gasteiger charge is -2.14. The summed E-state index contributed by atoms with van der Waals surface area (Å²) in [6.45, 7) is 2.52. The number of hydrogen-bond acceptors (Lipinski definition) is 6. The molecule has 1 aliphatic heterocycles.